The Hall–Kier alpha value is -2.63. The summed E-state index contributed by atoms with van der Waals surface area (Å²) in [5, 5.41) is 0. The number of carbonyl (C=O) groups is 3. The molecular formula is C59H106O6. The molecule has 0 saturated heterocycles. The van der Waals surface area contributed by atoms with Crippen LogP contribution < -0.4 is 0 Å². The molecule has 0 saturated carbocycles. The second kappa shape index (κ2) is 54.0. The van der Waals surface area contributed by atoms with Gasteiger partial charge in [-0.2, -0.15) is 0 Å². The molecule has 0 aromatic carbocycles. The Morgan fingerprint density at radius 3 is 0.985 bits per heavy atom. The zero-order chi connectivity index (χ0) is 47.2. The topological polar surface area (TPSA) is 78.9 Å². The monoisotopic (exact) mass is 911 g/mol. The maximum Gasteiger partial charge on any atom is 0.306 e. The van der Waals surface area contributed by atoms with Gasteiger partial charge in [-0.3, -0.25) is 14.4 Å². The standard InChI is InChI=1S/C59H106O6/c1-4-7-10-13-16-19-22-25-27-29-30-31-33-34-37-40-43-46-49-52-58(61)64-55-56(54-63-57(60)51-48-45-42-39-36-24-21-18-15-12-9-6-3)65-59(62)53-50-47-44-41-38-35-32-28-26-23-20-17-14-11-8-5-2/h7,10,16,18-19,21,25,27,56H,4-6,8-9,11-15,17,20,22-24,26,28-55H2,1-3H3/b10-7-,19-16-,21-18-,27-25-. The van der Waals surface area contributed by atoms with Crippen molar-refractivity contribution in [1.29, 1.82) is 0 Å². The Morgan fingerprint density at radius 1 is 0.323 bits per heavy atom. The van der Waals surface area contributed by atoms with Crippen LogP contribution in [0.15, 0.2) is 48.6 Å². The number of ether oxygens (including phenoxy) is 3. The average Bonchev–Trinajstić information content (AvgIpc) is 3.30. The van der Waals surface area contributed by atoms with Crippen molar-refractivity contribution < 1.29 is 28.6 Å². The molecule has 0 aliphatic rings. The van der Waals surface area contributed by atoms with Crippen LogP contribution in [0.2, 0.25) is 0 Å². The fraction of sp³-hybridized carbons (Fsp3) is 0.814. The van der Waals surface area contributed by atoms with Crippen molar-refractivity contribution in [3.05, 3.63) is 48.6 Å². The van der Waals surface area contributed by atoms with E-state index < -0.39 is 6.10 Å². The van der Waals surface area contributed by atoms with Crippen LogP contribution in [-0.2, 0) is 28.6 Å². The summed E-state index contributed by atoms with van der Waals surface area (Å²) < 4.78 is 16.8. The summed E-state index contributed by atoms with van der Waals surface area (Å²) in [6.45, 7) is 6.53. The van der Waals surface area contributed by atoms with Gasteiger partial charge in [0.05, 0.1) is 0 Å². The Labute approximate surface area is 403 Å². The Kier molecular flexibility index (Phi) is 51.8. The van der Waals surface area contributed by atoms with E-state index in [9.17, 15) is 14.4 Å². The number of carbonyl (C=O) groups excluding carboxylic acids is 3. The number of esters is 3. The van der Waals surface area contributed by atoms with E-state index in [1.54, 1.807) is 0 Å². The molecular weight excluding hydrogens is 805 g/mol. The molecule has 0 fully saturated rings. The Morgan fingerprint density at radius 2 is 0.600 bits per heavy atom. The summed E-state index contributed by atoms with van der Waals surface area (Å²) in [6, 6.07) is 0. The smallest absolute Gasteiger partial charge is 0.306 e. The molecule has 0 heterocycles. The van der Waals surface area contributed by atoms with E-state index in [1.165, 1.54) is 167 Å². The van der Waals surface area contributed by atoms with Gasteiger partial charge in [-0.1, -0.05) is 243 Å². The normalized spacial score (nSPS) is 12.4. The minimum Gasteiger partial charge on any atom is -0.462 e. The molecule has 0 aromatic heterocycles. The molecule has 0 radical (unpaired) electrons. The van der Waals surface area contributed by atoms with Crippen molar-refractivity contribution in [1.82, 2.24) is 0 Å². The molecule has 0 rings (SSSR count). The highest BCUT2D eigenvalue weighted by atomic mass is 16.6. The summed E-state index contributed by atoms with van der Waals surface area (Å²) in [5.41, 5.74) is 0. The molecule has 0 N–H and O–H groups in total. The molecule has 378 valence electrons. The first-order valence-corrected chi connectivity index (χ1v) is 28.1. The van der Waals surface area contributed by atoms with E-state index in [2.05, 4.69) is 69.4 Å². The van der Waals surface area contributed by atoms with Crippen molar-refractivity contribution in [2.45, 2.75) is 297 Å². The highest BCUT2D eigenvalue weighted by Gasteiger charge is 2.19. The maximum atomic E-state index is 12.8. The van der Waals surface area contributed by atoms with Gasteiger partial charge in [0, 0.05) is 19.3 Å². The lowest BCUT2D eigenvalue weighted by molar-refractivity contribution is -0.167. The van der Waals surface area contributed by atoms with Crippen LogP contribution in [0.1, 0.15) is 290 Å². The maximum absolute atomic E-state index is 12.8. The number of unbranched alkanes of at least 4 members (excludes halogenated alkanes) is 32. The minimum atomic E-state index is -0.775. The molecule has 6 heteroatoms. The van der Waals surface area contributed by atoms with Crippen LogP contribution in [0, 0.1) is 0 Å². The first kappa shape index (κ1) is 62.4. The first-order valence-electron chi connectivity index (χ1n) is 28.1. The van der Waals surface area contributed by atoms with Gasteiger partial charge in [-0.15, -0.1) is 0 Å². The lowest BCUT2D eigenvalue weighted by atomic mass is 10.0. The van der Waals surface area contributed by atoms with Crippen molar-refractivity contribution >= 4 is 17.9 Å². The molecule has 0 bridgehead atoms. The van der Waals surface area contributed by atoms with Crippen LogP contribution in [-0.4, -0.2) is 37.2 Å². The third-order valence-corrected chi connectivity index (χ3v) is 12.3. The molecule has 0 aliphatic heterocycles. The summed E-state index contributed by atoms with van der Waals surface area (Å²) in [7, 11) is 0. The fourth-order valence-electron chi connectivity index (χ4n) is 8.10. The van der Waals surface area contributed by atoms with E-state index in [-0.39, 0.29) is 31.1 Å². The molecule has 1 atom stereocenters. The summed E-state index contributed by atoms with van der Waals surface area (Å²) in [5.74, 6) is -0.876. The van der Waals surface area contributed by atoms with Gasteiger partial charge < -0.3 is 14.2 Å². The highest BCUT2D eigenvalue weighted by molar-refractivity contribution is 5.71. The van der Waals surface area contributed by atoms with Crippen LogP contribution in [0.25, 0.3) is 0 Å². The lowest BCUT2D eigenvalue weighted by Crippen LogP contribution is -2.30. The van der Waals surface area contributed by atoms with Crippen molar-refractivity contribution in [2.75, 3.05) is 13.2 Å². The summed E-state index contributed by atoms with van der Waals surface area (Å²) in [4.78, 5) is 38.1. The third-order valence-electron chi connectivity index (χ3n) is 12.3. The Bertz CT molecular complexity index is 1140. The van der Waals surface area contributed by atoms with Gasteiger partial charge in [0.1, 0.15) is 13.2 Å². The Balaban J connectivity index is 4.33. The van der Waals surface area contributed by atoms with Crippen LogP contribution in [0.5, 0.6) is 0 Å². The minimum absolute atomic E-state index is 0.0758. The first-order chi connectivity index (χ1) is 32.0. The summed E-state index contributed by atoms with van der Waals surface area (Å²) in [6.07, 6.45) is 65.3. The SMILES string of the molecule is CC/C=C\C/C=C\C/C=C\CCCCCCCCCCCC(=O)OCC(COC(=O)CCCCCCC/C=C\CCCCC)OC(=O)CCCCCCCCCCCCCCCCCC. The number of rotatable bonds is 51. The van der Waals surface area contributed by atoms with Gasteiger partial charge in [0.2, 0.25) is 0 Å². The summed E-state index contributed by atoms with van der Waals surface area (Å²) >= 11 is 0. The number of allylic oxidation sites excluding steroid dienone is 8. The molecule has 65 heavy (non-hydrogen) atoms. The second-order valence-electron chi connectivity index (χ2n) is 18.8. The molecule has 0 amide bonds. The molecule has 0 aliphatic carbocycles. The second-order valence-corrected chi connectivity index (χ2v) is 18.8. The van der Waals surface area contributed by atoms with Crippen LogP contribution in [0.4, 0.5) is 0 Å². The van der Waals surface area contributed by atoms with E-state index >= 15 is 0 Å². The van der Waals surface area contributed by atoms with Crippen molar-refractivity contribution in [2.24, 2.45) is 0 Å². The molecule has 1 unspecified atom stereocenters. The number of hydrogen-bond donors (Lipinski definition) is 0. The van der Waals surface area contributed by atoms with Gasteiger partial charge in [0.25, 0.3) is 0 Å². The highest BCUT2D eigenvalue weighted by Crippen LogP contribution is 2.16. The van der Waals surface area contributed by atoms with E-state index in [4.69, 9.17) is 14.2 Å². The average molecular weight is 911 g/mol. The van der Waals surface area contributed by atoms with Gasteiger partial charge in [0.15, 0.2) is 6.10 Å². The molecule has 0 spiro atoms. The largest absolute Gasteiger partial charge is 0.462 e. The molecule has 0 aromatic rings. The van der Waals surface area contributed by atoms with Gasteiger partial charge in [-0.25, -0.2) is 0 Å². The van der Waals surface area contributed by atoms with E-state index in [1.807, 2.05) is 0 Å². The van der Waals surface area contributed by atoms with E-state index in [0.29, 0.717) is 19.3 Å². The fourth-order valence-corrected chi connectivity index (χ4v) is 8.10. The predicted octanol–water partition coefficient (Wildman–Crippen LogP) is 18.7. The lowest BCUT2D eigenvalue weighted by Gasteiger charge is -2.18. The third kappa shape index (κ3) is 52.2. The van der Waals surface area contributed by atoms with Gasteiger partial charge >= 0.3 is 17.9 Å². The van der Waals surface area contributed by atoms with E-state index in [0.717, 1.165) is 83.5 Å². The van der Waals surface area contributed by atoms with Crippen LogP contribution in [0.3, 0.4) is 0 Å². The quantitative estimate of drug-likeness (QED) is 0.0262. The van der Waals surface area contributed by atoms with Crippen LogP contribution >= 0.6 is 0 Å². The van der Waals surface area contributed by atoms with Crippen molar-refractivity contribution in [3.8, 4) is 0 Å². The van der Waals surface area contributed by atoms with Gasteiger partial charge in [-0.05, 0) is 77.0 Å². The number of hydrogen-bond acceptors (Lipinski definition) is 6. The van der Waals surface area contributed by atoms with Crippen molar-refractivity contribution in [3.63, 3.8) is 0 Å². The zero-order valence-electron chi connectivity index (χ0n) is 43.3. The zero-order valence-corrected chi connectivity index (χ0v) is 43.3. The predicted molar refractivity (Wildman–Crippen MR) is 279 cm³/mol. The molecule has 6 nitrogen and oxygen atoms in total.